The second-order valence-corrected chi connectivity index (χ2v) is 6.61. The first-order valence-electron chi connectivity index (χ1n) is 6.93. The highest BCUT2D eigenvalue weighted by molar-refractivity contribution is 5.84. The molecule has 1 heteroatoms. The van der Waals surface area contributed by atoms with Crippen molar-refractivity contribution < 1.29 is 4.79 Å². The van der Waals surface area contributed by atoms with Crippen LogP contribution in [0.1, 0.15) is 79.1 Å². The summed E-state index contributed by atoms with van der Waals surface area (Å²) in [5, 5.41) is 0. The molecule has 0 aromatic carbocycles. The van der Waals surface area contributed by atoms with Gasteiger partial charge in [0.15, 0.2) is 0 Å². The molecule has 1 atom stereocenters. The first-order valence-corrected chi connectivity index (χ1v) is 6.93. The van der Waals surface area contributed by atoms with Crippen LogP contribution in [0, 0.1) is 10.8 Å². The van der Waals surface area contributed by atoms with Crippen LogP contribution in [0.5, 0.6) is 0 Å². The molecule has 0 spiro atoms. The zero-order chi connectivity index (χ0) is 12.2. The molecule has 0 radical (unpaired) electrons. The van der Waals surface area contributed by atoms with Gasteiger partial charge in [0.2, 0.25) is 0 Å². The maximum atomic E-state index is 12.2. The van der Waals surface area contributed by atoms with Crippen LogP contribution < -0.4 is 0 Å². The molecule has 1 aliphatic carbocycles. The third-order valence-corrected chi connectivity index (χ3v) is 4.37. The van der Waals surface area contributed by atoms with Gasteiger partial charge in [-0.2, -0.15) is 0 Å². The molecule has 1 fully saturated rings. The van der Waals surface area contributed by atoms with E-state index in [0.717, 1.165) is 32.1 Å². The summed E-state index contributed by atoms with van der Waals surface area (Å²) in [6.45, 7) is 9.04. The molecule has 1 unspecified atom stereocenters. The van der Waals surface area contributed by atoms with Crippen LogP contribution in [-0.2, 0) is 4.79 Å². The van der Waals surface area contributed by atoms with E-state index in [1.54, 1.807) is 0 Å². The number of carbonyl (C=O) groups excluding carboxylic acids is 1. The molecule has 1 aliphatic rings. The van der Waals surface area contributed by atoms with E-state index in [1.807, 2.05) is 0 Å². The van der Waals surface area contributed by atoms with Crippen molar-refractivity contribution in [2.24, 2.45) is 10.8 Å². The minimum absolute atomic E-state index is 0.0110. The minimum atomic E-state index is -0.0110. The van der Waals surface area contributed by atoms with Crippen molar-refractivity contribution in [3.05, 3.63) is 0 Å². The van der Waals surface area contributed by atoms with Gasteiger partial charge in [0.25, 0.3) is 0 Å². The van der Waals surface area contributed by atoms with Gasteiger partial charge in [-0.05, 0) is 37.5 Å². The average molecular weight is 224 g/mol. The number of carbonyl (C=O) groups is 1. The molecule has 1 rings (SSSR count). The summed E-state index contributed by atoms with van der Waals surface area (Å²) in [6, 6.07) is 0. The molecular formula is C15H28O. The standard InChI is InChI=1S/C15H28O/c1-5-6-8-13(16)15(4)10-7-9-14(2,3)11-12-15/h5-12H2,1-4H3. The van der Waals surface area contributed by atoms with E-state index in [9.17, 15) is 4.79 Å². The van der Waals surface area contributed by atoms with Crippen LogP contribution in [-0.4, -0.2) is 5.78 Å². The topological polar surface area (TPSA) is 17.1 Å². The monoisotopic (exact) mass is 224 g/mol. The summed E-state index contributed by atoms with van der Waals surface area (Å²) in [5.41, 5.74) is 0.436. The summed E-state index contributed by atoms with van der Waals surface area (Å²) in [6.07, 6.45) is 8.92. The first kappa shape index (κ1) is 13.7. The first-order chi connectivity index (χ1) is 7.40. The Hall–Kier alpha value is -0.330. The van der Waals surface area contributed by atoms with Gasteiger partial charge in [0, 0.05) is 11.8 Å². The highest BCUT2D eigenvalue weighted by atomic mass is 16.1. The fourth-order valence-corrected chi connectivity index (χ4v) is 2.74. The Morgan fingerprint density at radius 3 is 2.38 bits per heavy atom. The fourth-order valence-electron chi connectivity index (χ4n) is 2.74. The van der Waals surface area contributed by atoms with E-state index >= 15 is 0 Å². The van der Waals surface area contributed by atoms with Crippen LogP contribution in [0.3, 0.4) is 0 Å². The number of rotatable bonds is 4. The third kappa shape index (κ3) is 3.61. The van der Waals surface area contributed by atoms with E-state index in [0.29, 0.717) is 11.2 Å². The van der Waals surface area contributed by atoms with E-state index < -0.39 is 0 Å². The van der Waals surface area contributed by atoms with E-state index in [-0.39, 0.29) is 5.41 Å². The van der Waals surface area contributed by atoms with E-state index in [1.165, 1.54) is 19.3 Å². The van der Waals surface area contributed by atoms with Crippen LogP contribution in [0.4, 0.5) is 0 Å². The highest BCUT2D eigenvalue weighted by Crippen LogP contribution is 2.43. The van der Waals surface area contributed by atoms with Crippen molar-refractivity contribution in [3.8, 4) is 0 Å². The number of unbranched alkanes of at least 4 members (excludes halogenated alkanes) is 1. The summed E-state index contributed by atoms with van der Waals surface area (Å²) in [4.78, 5) is 12.2. The molecule has 0 heterocycles. The van der Waals surface area contributed by atoms with Gasteiger partial charge in [-0.25, -0.2) is 0 Å². The Labute approximate surface area is 101 Å². The van der Waals surface area contributed by atoms with Crippen molar-refractivity contribution in [2.45, 2.75) is 79.1 Å². The van der Waals surface area contributed by atoms with E-state index in [4.69, 9.17) is 0 Å². The number of ketones is 1. The number of hydrogen-bond donors (Lipinski definition) is 0. The molecule has 0 bridgehead atoms. The van der Waals surface area contributed by atoms with E-state index in [2.05, 4.69) is 27.7 Å². The maximum absolute atomic E-state index is 12.2. The Balaban J connectivity index is 2.59. The van der Waals surface area contributed by atoms with Gasteiger partial charge >= 0.3 is 0 Å². The Kier molecular flexibility index (Phi) is 4.58. The fraction of sp³-hybridized carbons (Fsp3) is 0.933. The highest BCUT2D eigenvalue weighted by Gasteiger charge is 2.36. The number of hydrogen-bond acceptors (Lipinski definition) is 1. The van der Waals surface area contributed by atoms with Crippen molar-refractivity contribution in [3.63, 3.8) is 0 Å². The molecule has 0 aromatic rings. The second kappa shape index (κ2) is 5.33. The van der Waals surface area contributed by atoms with Crippen molar-refractivity contribution >= 4 is 5.78 Å². The molecule has 0 saturated heterocycles. The molecule has 0 aromatic heterocycles. The molecular weight excluding hydrogens is 196 g/mol. The predicted molar refractivity (Wildman–Crippen MR) is 69.5 cm³/mol. The Bertz CT molecular complexity index is 242. The average Bonchev–Trinajstić information content (AvgIpc) is 2.35. The lowest BCUT2D eigenvalue weighted by Crippen LogP contribution is -2.27. The normalized spacial score (nSPS) is 29.8. The summed E-state index contributed by atoms with van der Waals surface area (Å²) in [5.74, 6) is 0.520. The van der Waals surface area contributed by atoms with Crippen molar-refractivity contribution in [1.82, 2.24) is 0 Å². The van der Waals surface area contributed by atoms with Gasteiger partial charge in [0.1, 0.15) is 5.78 Å². The summed E-state index contributed by atoms with van der Waals surface area (Å²) >= 11 is 0. The number of Topliss-reactive ketones (excluding diaryl/α,β-unsaturated/α-hetero) is 1. The quantitative estimate of drug-likeness (QED) is 0.630. The van der Waals surface area contributed by atoms with Gasteiger partial charge in [-0.3, -0.25) is 4.79 Å². The molecule has 0 amide bonds. The van der Waals surface area contributed by atoms with Gasteiger partial charge in [-0.15, -0.1) is 0 Å². The SMILES string of the molecule is CCCCC(=O)C1(C)CCCC(C)(C)CC1. The molecule has 16 heavy (non-hydrogen) atoms. The lowest BCUT2D eigenvalue weighted by Gasteiger charge is -2.27. The van der Waals surface area contributed by atoms with Gasteiger partial charge in [-0.1, -0.05) is 40.5 Å². The largest absolute Gasteiger partial charge is 0.299 e. The second-order valence-electron chi connectivity index (χ2n) is 6.61. The van der Waals surface area contributed by atoms with Crippen molar-refractivity contribution in [1.29, 1.82) is 0 Å². The molecule has 1 saturated carbocycles. The molecule has 94 valence electrons. The van der Waals surface area contributed by atoms with Crippen LogP contribution in [0.25, 0.3) is 0 Å². The lowest BCUT2D eigenvalue weighted by atomic mass is 9.75. The van der Waals surface area contributed by atoms with Gasteiger partial charge in [0.05, 0.1) is 0 Å². The smallest absolute Gasteiger partial charge is 0.138 e. The Morgan fingerprint density at radius 1 is 1.06 bits per heavy atom. The zero-order valence-corrected chi connectivity index (χ0v) is 11.6. The predicted octanol–water partition coefficient (Wildman–Crippen LogP) is 4.74. The molecule has 0 aliphatic heterocycles. The van der Waals surface area contributed by atoms with Crippen LogP contribution >= 0.6 is 0 Å². The van der Waals surface area contributed by atoms with Gasteiger partial charge < -0.3 is 0 Å². The lowest BCUT2D eigenvalue weighted by molar-refractivity contribution is -0.128. The maximum Gasteiger partial charge on any atom is 0.138 e. The molecule has 0 N–H and O–H groups in total. The Morgan fingerprint density at radius 2 is 1.75 bits per heavy atom. The van der Waals surface area contributed by atoms with Crippen molar-refractivity contribution in [2.75, 3.05) is 0 Å². The summed E-state index contributed by atoms with van der Waals surface area (Å²) < 4.78 is 0. The zero-order valence-electron chi connectivity index (χ0n) is 11.6. The molecule has 1 nitrogen and oxygen atoms in total. The van der Waals surface area contributed by atoms with Crippen LogP contribution in [0.15, 0.2) is 0 Å². The van der Waals surface area contributed by atoms with Crippen LogP contribution in [0.2, 0.25) is 0 Å². The third-order valence-electron chi connectivity index (χ3n) is 4.37. The summed E-state index contributed by atoms with van der Waals surface area (Å²) in [7, 11) is 0. The minimum Gasteiger partial charge on any atom is -0.299 e.